The summed E-state index contributed by atoms with van der Waals surface area (Å²) in [5, 5.41) is 8.37. The van der Waals surface area contributed by atoms with Crippen molar-refractivity contribution in [2.24, 2.45) is 0 Å². The second kappa shape index (κ2) is 5.24. The van der Waals surface area contributed by atoms with E-state index in [4.69, 9.17) is 8.94 Å². The molecule has 3 aromatic rings. The first kappa shape index (κ1) is 11.9. The first-order valence-electron chi connectivity index (χ1n) is 6.28. The van der Waals surface area contributed by atoms with Gasteiger partial charge in [0.2, 0.25) is 5.89 Å². The number of aromatic nitrogens is 2. The number of hydrogen-bond donors (Lipinski definition) is 1. The van der Waals surface area contributed by atoms with Crippen LogP contribution in [0, 0.1) is 6.92 Å². The molecule has 2 aromatic heterocycles. The first-order chi connectivity index (χ1) is 9.33. The average Bonchev–Trinajstić information content (AvgIpc) is 3.02. The van der Waals surface area contributed by atoms with Gasteiger partial charge in [-0.05, 0) is 6.07 Å². The number of fused-ring (bicyclic) bond motifs is 1. The highest BCUT2D eigenvalue weighted by Gasteiger charge is 2.05. The van der Waals surface area contributed by atoms with E-state index in [9.17, 15) is 0 Å². The van der Waals surface area contributed by atoms with E-state index in [1.165, 1.54) is 5.56 Å². The van der Waals surface area contributed by atoms with Crippen molar-refractivity contribution in [3.8, 4) is 0 Å². The molecule has 0 aliphatic heterocycles. The molecule has 0 atom stereocenters. The minimum Gasteiger partial charge on any atom is -0.464 e. The molecule has 0 bridgehead atoms. The lowest BCUT2D eigenvalue weighted by atomic mass is 10.2. The number of hydrogen-bond acceptors (Lipinski definition) is 5. The first-order valence-corrected chi connectivity index (χ1v) is 6.28. The Balaban J connectivity index is 1.55. The van der Waals surface area contributed by atoms with Gasteiger partial charge in [0.1, 0.15) is 5.58 Å². The van der Waals surface area contributed by atoms with E-state index in [0.29, 0.717) is 5.89 Å². The third kappa shape index (κ3) is 2.66. The van der Waals surface area contributed by atoms with E-state index in [0.717, 1.165) is 36.3 Å². The monoisotopic (exact) mass is 257 g/mol. The molecular formula is C14H15N3O2. The minimum absolute atomic E-state index is 0.607. The molecule has 0 saturated heterocycles. The highest BCUT2D eigenvalue weighted by molar-refractivity contribution is 5.80. The van der Waals surface area contributed by atoms with Crippen LogP contribution in [0.15, 0.2) is 39.5 Å². The van der Waals surface area contributed by atoms with Crippen LogP contribution in [-0.2, 0) is 13.0 Å². The van der Waals surface area contributed by atoms with E-state index in [1.807, 2.05) is 18.2 Å². The van der Waals surface area contributed by atoms with Gasteiger partial charge in [-0.3, -0.25) is 0 Å². The van der Waals surface area contributed by atoms with Gasteiger partial charge < -0.3 is 14.3 Å². The predicted octanol–water partition coefficient (Wildman–Crippen LogP) is 2.46. The number of nitrogens with one attached hydrogen (secondary N) is 1. The van der Waals surface area contributed by atoms with Gasteiger partial charge in [0.15, 0.2) is 5.82 Å². The lowest BCUT2D eigenvalue weighted by Gasteiger charge is -2.00. The van der Waals surface area contributed by atoms with Gasteiger partial charge in [-0.15, -0.1) is 0 Å². The molecule has 5 heteroatoms. The van der Waals surface area contributed by atoms with E-state index >= 15 is 0 Å². The summed E-state index contributed by atoms with van der Waals surface area (Å²) in [5.41, 5.74) is 2.09. The largest absolute Gasteiger partial charge is 0.464 e. The molecule has 98 valence electrons. The van der Waals surface area contributed by atoms with Crippen LogP contribution in [0.2, 0.25) is 0 Å². The SMILES string of the molecule is Cc1nc(CCNCc2coc3ccccc23)no1. The Hall–Kier alpha value is -2.14. The van der Waals surface area contributed by atoms with Crippen molar-refractivity contribution in [2.45, 2.75) is 19.9 Å². The molecule has 0 fully saturated rings. The van der Waals surface area contributed by atoms with Gasteiger partial charge in [-0.2, -0.15) is 4.98 Å². The Morgan fingerprint density at radius 3 is 3.00 bits per heavy atom. The van der Waals surface area contributed by atoms with Crippen LogP contribution in [0.3, 0.4) is 0 Å². The fraction of sp³-hybridized carbons (Fsp3) is 0.286. The van der Waals surface area contributed by atoms with Gasteiger partial charge in [-0.1, -0.05) is 23.4 Å². The molecule has 19 heavy (non-hydrogen) atoms. The Bertz CT molecular complexity index is 672. The number of benzene rings is 1. The van der Waals surface area contributed by atoms with E-state index in [1.54, 1.807) is 13.2 Å². The lowest BCUT2D eigenvalue weighted by molar-refractivity contribution is 0.387. The summed E-state index contributed by atoms with van der Waals surface area (Å²) >= 11 is 0. The van der Waals surface area contributed by atoms with Crippen LogP contribution in [-0.4, -0.2) is 16.7 Å². The van der Waals surface area contributed by atoms with Gasteiger partial charge in [-0.25, -0.2) is 0 Å². The molecule has 1 aromatic carbocycles. The molecule has 0 saturated carbocycles. The third-order valence-corrected chi connectivity index (χ3v) is 2.97. The normalized spacial score (nSPS) is 11.2. The van der Waals surface area contributed by atoms with E-state index < -0.39 is 0 Å². The molecule has 0 amide bonds. The summed E-state index contributed by atoms with van der Waals surface area (Å²) in [4.78, 5) is 4.16. The van der Waals surface area contributed by atoms with Gasteiger partial charge in [0.05, 0.1) is 6.26 Å². The van der Waals surface area contributed by atoms with Gasteiger partial charge in [0, 0.05) is 37.4 Å². The molecule has 3 rings (SSSR count). The molecule has 0 aliphatic rings. The fourth-order valence-corrected chi connectivity index (χ4v) is 2.04. The van der Waals surface area contributed by atoms with E-state index in [-0.39, 0.29) is 0 Å². The maximum absolute atomic E-state index is 5.49. The molecule has 0 radical (unpaired) electrons. The number of nitrogens with zero attached hydrogens (tertiary/aromatic N) is 2. The second-order valence-electron chi connectivity index (χ2n) is 4.41. The second-order valence-corrected chi connectivity index (χ2v) is 4.41. The number of furan rings is 1. The summed E-state index contributed by atoms with van der Waals surface area (Å²) in [7, 11) is 0. The summed E-state index contributed by atoms with van der Waals surface area (Å²) < 4.78 is 10.4. The fourth-order valence-electron chi connectivity index (χ4n) is 2.04. The van der Waals surface area contributed by atoms with Crippen molar-refractivity contribution in [2.75, 3.05) is 6.54 Å². The van der Waals surface area contributed by atoms with Crippen LogP contribution in [0.25, 0.3) is 11.0 Å². The van der Waals surface area contributed by atoms with E-state index in [2.05, 4.69) is 21.5 Å². The zero-order valence-corrected chi connectivity index (χ0v) is 10.7. The Morgan fingerprint density at radius 2 is 2.16 bits per heavy atom. The molecule has 1 N–H and O–H groups in total. The maximum atomic E-state index is 5.49. The van der Waals surface area contributed by atoms with Crippen molar-refractivity contribution in [1.29, 1.82) is 0 Å². The zero-order valence-electron chi connectivity index (χ0n) is 10.7. The smallest absolute Gasteiger partial charge is 0.223 e. The maximum Gasteiger partial charge on any atom is 0.223 e. The predicted molar refractivity (Wildman–Crippen MR) is 70.7 cm³/mol. The van der Waals surface area contributed by atoms with Crippen molar-refractivity contribution in [3.05, 3.63) is 47.8 Å². The summed E-state index contributed by atoms with van der Waals surface area (Å²) in [6, 6.07) is 8.03. The molecule has 0 spiro atoms. The van der Waals surface area contributed by atoms with Crippen molar-refractivity contribution < 1.29 is 8.94 Å². The number of para-hydroxylation sites is 1. The zero-order chi connectivity index (χ0) is 13.1. The minimum atomic E-state index is 0.607. The quantitative estimate of drug-likeness (QED) is 0.711. The van der Waals surface area contributed by atoms with Gasteiger partial charge in [0.25, 0.3) is 0 Å². The average molecular weight is 257 g/mol. The van der Waals surface area contributed by atoms with Crippen LogP contribution in [0.4, 0.5) is 0 Å². The topological polar surface area (TPSA) is 64.1 Å². The Kier molecular flexibility index (Phi) is 3.29. The molecule has 5 nitrogen and oxygen atoms in total. The summed E-state index contributed by atoms with van der Waals surface area (Å²) in [6.07, 6.45) is 2.56. The standard InChI is InChI=1S/C14H15N3O2/c1-10-16-14(17-19-10)6-7-15-8-11-9-18-13-5-3-2-4-12(11)13/h2-5,9,15H,6-8H2,1H3. The Labute approximate surface area is 110 Å². The van der Waals surface area contributed by atoms with Crippen molar-refractivity contribution >= 4 is 11.0 Å². The third-order valence-electron chi connectivity index (χ3n) is 2.97. The van der Waals surface area contributed by atoms with Crippen LogP contribution in [0.5, 0.6) is 0 Å². The van der Waals surface area contributed by atoms with Crippen LogP contribution in [0.1, 0.15) is 17.3 Å². The van der Waals surface area contributed by atoms with Crippen LogP contribution >= 0.6 is 0 Å². The van der Waals surface area contributed by atoms with Crippen molar-refractivity contribution in [3.63, 3.8) is 0 Å². The number of rotatable bonds is 5. The molecule has 0 aliphatic carbocycles. The molecule has 0 unspecified atom stereocenters. The summed E-state index contributed by atoms with van der Waals surface area (Å²) in [6.45, 7) is 3.37. The number of aryl methyl sites for hydroxylation is 1. The Morgan fingerprint density at radius 1 is 1.26 bits per heavy atom. The summed E-state index contributed by atoms with van der Waals surface area (Å²) in [5.74, 6) is 1.35. The van der Waals surface area contributed by atoms with Crippen LogP contribution < -0.4 is 5.32 Å². The molecular weight excluding hydrogens is 242 g/mol. The lowest BCUT2D eigenvalue weighted by Crippen LogP contribution is -2.16. The van der Waals surface area contributed by atoms with Gasteiger partial charge >= 0.3 is 0 Å². The van der Waals surface area contributed by atoms with Crippen molar-refractivity contribution in [1.82, 2.24) is 15.5 Å². The molecule has 2 heterocycles. The highest BCUT2D eigenvalue weighted by atomic mass is 16.5. The highest BCUT2D eigenvalue weighted by Crippen LogP contribution is 2.20.